The predicted molar refractivity (Wildman–Crippen MR) is 230 cm³/mol. The molecular weight excluding hydrogens is 671 g/mol. The Hall–Kier alpha value is -6.53. The zero-order valence-electron chi connectivity index (χ0n) is 29.3. The first kappa shape index (κ1) is 34.3. The molecule has 3 N–H and O–H groups in total. The highest BCUT2D eigenvalue weighted by molar-refractivity contribution is 6.68. The molecule has 9 rings (SSSR count). The normalized spacial score (nSPS) is 11.5. The number of nitrogens with zero attached hydrogens (tertiary/aromatic N) is 2. The highest BCUT2D eigenvalue weighted by atomic mass is 16.3. The Balaban J connectivity index is 1.44. The first-order valence-corrected chi connectivity index (χ1v) is 17.5. The molecule has 10 heteroatoms. The Bertz CT molecular complexity index is 2940. The molecular formula is C45H25B5N2O3. The molecule has 0 bridgehead atoms. The number of hydrogen-bond acceptors (Lipinski definition) is 4. The fraction of sp³-hybridized carbons (Fsp3) is 0. The standard InChI is InChI=1S/C45H25B5N2O3/c46-37-33-31(26-16-9-15-25(21-26)23-11-3-1-4-12-23)35-36(43(54)44(55)41(50)42(35)53)32(34(33)38(47)40(49)39(37)48)27-17-10-18-28(22-27)52-30-20-8-7-19-29(30)51-45(52)24-13-5-2-6-14-24/h1-22,53-55H. The SMILES string of the molecule is [B]c1c([B])c([B])c2c(-c3cccc(-n4c(-c5ccccc5)nc5ccccc54)c3)c3c(O)c(O)c([B])c(O)c3c(-c3cccc(-c4ccccc4)c3)c2c1[B]. The molecule has 0 aliphatic heterocycles. The van der Waals surface area contributed by atoms with E-state index in [1.54, 1.807) is 0 Å². The predicted octanol–water partition coefficient (Wildman–Crippen LogP) is 5.09. The molecule has 0 aliphatic carbocycles. The number of phenols is 3. The summed E-state index contributed by atoms with van der Waals surface area (Å²) in [5.74, 6) is -0.980. The monoisotopic (exact) mass is 696 g/mol. The van der Waals surface area contributed by atoms with Crippen molar-refractivity contribution in [2.24, 2.45) is 0 Å². The fourth-order valence-electron chi connectivity index (χ4n) is 7.75. The van der Waals surface area contributed by atoms with Gasteiger partial charge in [-0.1, -0.05) is 114 Å². The van der Waals surface area contributed by atoms with Crippen molar-refractivity contribution in [3.8, 4) is 67.7 Å². The Kier molecular flexibility index (Phi) is 8.16. The Morgan fingerprint density at radius 3 is 1.56 bits per heavy atom. The lowest BCUT2D eigenvalue weighted by atomic mass is 9.62. The van der Waals surface area contributed by atoms with E-state index in [1.807, 2.05) is 133 Å². The first-order chi connectivity index (χ1) is 26.7. The summed E-state index contributed by atoms with van der Waals surface area (Å²) in [5, 5.41) is 36.1. The lowest BCUT2D eigenvalue weighted by Gasteiger charge is -2.26. The van der Waals surface area contributed by atoms with E-state index in [2.05, 4.69) is 4.57 Å². The molecule has 0 aliphatic rings. The van der Waals surface area contributed by atoms with E-state index in [0.717, 1.165) is 33.4 Å². The molecule has 0 spiro atoms. The average Bonchev–Trinajstić information content (AvgIpc) is 3.63. The molecule has 1 heterocycles. The topological polar surface area (TPSA) is 78.5 Å². The minimum atomic E-state index is -0.687. The molecule has 0 atom stereocenters. The molecule has 0 fully saturated rings. The van der Waals surface area contributed by atoms with Crippen LogP contribution in [0, 0.1) is 0 Å². The van der Waals surface area contributed by atoms with Gasteiger partial charge in [-0.3, -0.25) is 4.57 Å². The summed E-state index contributed by atoms with van der Waals surface area (Å²) in [6.07, 6.45) is 0. The molecule has 0 saturated heterocycles. The second kappa shape index (κ2) is 13.1. The van der Waals surface area contributed by atoms with Gasteiger partial charge < -0.3 is 15.3 Å². The second-order valence-corrected chi connectivity index (χ2v) is 13.5. The van der Waals surface area contributed by atoms with Crippen LogP contribution in [-0.4, -0.2) is 64.1 Å². The van der Waals surface area contributed by atoms with Crippen molar-refractivity contribution in [1.29, 1.82) is 0 Å². The van der Waals surface area contributed by atoms with Gasteiger partial charge in [0.25, 0.3) is 0 Å². The third-order valence-corrected chi connectivity index (χ3v) is 10.4. The van der Waals surface area contributed by atoms with Gasteiger partial charge in [0.1, 0.15) is 50.8 Å². The molecule has 248 valence electrons. The maximum atomic E-state index is 12.0. The van der Waals surface area contributed by atoms with Crippen LogP contribution in [0.1, 0.15) is 0 Å². The Labute approximate surface area is 324 Å². The largest absolute Gasteiger partial charge is 0.508 e. The molecule has 0 unspecified atom stereocenters. The molecule has 0 amide bonds. The third kappa shape index (κ3) is 5.27. The van der Waals surface area contributed by atoms with Crippen LogP contribution in [0.3, 0.4) is 0 Å². The van der Waals surface area contributed by atoms with E-state index in [1.165, 1.54) is 0 Å². The van der Waals surface area contributed by atoms with Crippen LogP contribution >= 0.6 is 0 Å². The number of phenolic OH excluding ortho intramolecular Hbond substituents is 3. The summed E-state index contributed by atoms with van der Waals surface area (Å²) < 4.78 is 2.05. The summed E-state index contributed by atoms with van der Waals surface area (Å²) in [6.45, 7) is 0. The lowest BCUT2D eigenvalue weighted by Crippen LogP contribution is -2.48. The molecule has 10 radical (unpaired) electrons. The minimum Gasteiger partial charge on any atom is -0.508 e. The lowest BCUT2D eigenvalue weighted by molar-refractivity contribution is 0.407. The van der Waals surface area contributed by atoms with Gasteiger partial charge in [0.05, 0.1) is 11.0 Å². The van der Waals surface area contributed by atoms with Crippen LogP contribution in [0.25, 0.3) is 83.0 Å². The number of imidazole rings is 1. The van der Waals surface area contributed by atoms with Crippen molar-refractivity contribution in [2.75, 3.05) is 0 Å². The van der Waals surface area contributed by atoms with Gasteiger partial charge in [-0.05, 0) is 68.8 Å². The fourth-order valence-corrected chi connectivity index (χ4v) is 7.75. The number of fused-ring (bicyclic) bond motifs is 3. The van der Waals surface area contributed by atoms with Crippen LogP contribution in [0.5, 0.6) is 17.2 Å². The summed E-state index contributed by atoms with van der Waals surface area (Å²) in [4.78, 5) is 5.01. The van der Waals surface area contributed by atoms with Gasteiger partial charge in [-0.15, -0.1) is 10.9 Å². The highest BCUT2D eigenvalue weighted by Crippen LogP contribution is 2.51. The van der Waals surface area contributed by atoms with Gasteiger partial charge >= 0.3 is 0 Å². The molecule has 1 aromatic heterocycles. The van der Waals surface area contributed by atoms with Crippen LogP contribution in [-0.2, 0) is 0 Å². The van der Waals surface area contributed by atoms with E-state index in [4.69, 9.17) is 44.2 Å². The quantitative estimate of drug-likeness (QED) is 0.102. The third-order valence-electron chi connectivity index (χ3n) is 10.4. The van der Waals surface area contributed by atoms with E-state index in [-0.39, 0.29) is 32.6 Å². The number of aromatic nitrogens is 2. The average molecular weight is 696 g/mol. The molecule has 9 aromatic rings. The van der Waals surface area contributed by atoms with Crippen molar-refractivity contribution in [1.82, 2.24) is 9.55 Å². The number of hydrogen-bond donors (Lipinski definition) is 3. The van der Waals surface area contributed by atoms with Crippen molar-refractivity contribution < 1.29 is 15.3 Å². The summed E-state index contributed by atoms with van der Waals surface area (Å²) in [6, 6.07) is 42.8. The van der Waals surface area contributed by atoms with Gasteiger partial charge in [-0.2, -0.15) is 0 Å². The van der Waals surface area contributed by atoms with Crippen LogP contribution in [0.15, 0.2) is 133 Å². The Morgan fingerprint density at radius 1 is 0.400 bits per heavy atom. The molecule has 5 nitrogen and oxygen atoms in total. The maximum absolute atomic E-state index is 12.0. The number of benzene rings is 8. The smallest absolute Gasteiger partial charge is 0.165 e. The van der Waals surface area contributed by atoms with Crippen molar-refractivity contribution in [2.45, 2.75) is 0 Å². The van der Waals surface area contributed by atoms with Crippen LogP contribution < -0.4 is 27.3 Å². The van der Waals surface area contributed by atoms with Gasteiger partial charge in [0, 0.05) is 33.2 Å². The summed E-state index contributed by atoms with van der Waals surface area (Å²) in [5.41, 5.74) is 7.01. The summed E-state index contributed by atoms with van der Waals surface area (Å²) >= 11 is 0. The second-order valence-electron chi connectivity index (χ2n) is 13.5. The van der Waals surface area contributed by atoms with Crippen molar-refractivity contribution in [3.05, 3.63) is 133 Å². The van der Waals surface area contributed by atoms with E-state index in [9.17, 15) is 15.3 Å². The molecule has 55 heavy (non-hydrogen) atoms. The van der Waals surface area contributed by atoms with Crippen molar-refractivity contribution in [3.63, 3.8) is 0 Å². The van der Waals surface area contributed by atoms with Gasteiger partial charge in [0.2, 0.25) is 0 Å². The van der Waals surface area contributed by atoms with Crippen molar-refractivity contribution >= 4 is 99.1 Å². The van der Waals surface area contributed by atoms with Crippen LogP contribution in [0.2, 0.25) is 0 Å². The maximum Gasteiger partial charge on any atom is 0.165 e. The minimum absolute atomic E-state index is 0.0566. The number of rotatable bonds is 5. The van der Waals surface area contributed by atoms with E-state index >= 15 is 0 Å². The zero-order chi connectivity index (χ0) is 38.1. The van der Waals surface area contributed by atoms with Gasteiger partial charge in [0.15, 0.2) is 11.5 Å². The Morgan fingerprint density at radius 2 is 0.909 bits per heavy atom. The summed E-state index contributed by atoms with van der Waals surface area (Å²) in [7, 11) is 33.3. The first-order valence-electron chi connectivity index (χ1n) is 17.5. The number of para-hydroxylation sites is 2. The number of aromatic hydroxyl groups is 3. The highest BCUT2D eigenvalue weighted by Gasteiger charge is 2.28. The van der Waals surface area contributed by atoms with Crippen LogP contribution in [0.4, 0.5) is 0 Å². The van der Waals surface area contributed by atoms with E-state index < -0.39 is 22.7 Å². The molecule has 0 saturated carbocycles. The van der Waals surface area contributed by atoms with Gasteiger partial charge in [-0.25, -0.2) is 4.98 Å². The van der Waals surface area contributed by atoms with E-state index in [0.29, 0.717) is 38.9 Å². The zero-order valence-corrected chi connectivity index (χ0v) is 29.3. The molecule has 8 aromatic carbocycles.